The van der Waals surface area contributed by atoms with Gasteiger partial charge in [-0.1, -0.05) is 60.1 Å². The van der Waals surface area contributed by atoms with Gasteiger partial charge in [0, 0.05) is 24.7 Å². The molecule has 6 heteroatoms. The average Bonchev–Trinajstić information content (AvgIpc) is 2.85. The van der Waals surface area contributed by atoms with E-state index < -0.39 is 17.6 Å². The molecule has 5 rings (SSSR count). The van der Waals surface area contributed by atoms with Crippen LogP contribution in [-0.4, -0.2) is 47.1 Å². The van der Waals surface area contributed by atoms with Crippen molar-refractivity contribution in [2.75, 3.05) is 6.61 Å². The summed E-state index contributed by atoms with van der Waals surface area (Å²) in [4.78, 5) is 24.1. The highest BCUT2D eigenvalue weighted by Gasteiger charge is 2.70. The highest BCUT2D eigenvalue weighted by molar-refractivity contribution is 5.66. The molecule has 0 aromatic heterocycles. The van der Waals surface area contributed by atoms with Gasteiger partial charge in [-0.3, -0.25) is 9.59 Å². The molecule has 0 spiro atoms. The lowest BCUT2D eigenvalue weighted by atomic mass is 9.33. The molecule has 40 heavy (non-hydrogen) atoms. The zero-order chi connectivity index (χ0) is 29.7. The highest BCUT2D eigenvalue weighted by Crippen LogP contribution is 2.75. The first-order valence-corrected chi connectivity index (χ1v) is 15.7. The first-order valence-electron chi connectivity index (χ1n) is 15.7. The first kappa shape index (κ1) is 30.1. The smallest absolute Gasteiger partial charge is 0.302 e. The molecular weight excluding hydrogens is 504 g/mol. The van der Waals surface area contributed by atoms with Gasteiger partial charge in [0.15, 0.2) is 0 Å². The van der Waals surface area contributed by atoms with E-state index in [4.69, 9.17) is 9.47 Å². The molecule has 0 heterocycles. The summed E-state index contributed by atoms with van der Waals surface area (Å²) < 4.78 is 11.6. The summed E-state index contributed by atoms with van der Waals surface area (Å²) in [6.07, 6.45) is 8.55. The molecule has 0 amide bonds. The summed E-state index contributed by atoms with van der Waals surface area (Å²) in [7, 11) is 0. The number of esters is 2. The SMILES string of the molecule is CC(=O)OC[C@@]1(C)C2CC[C@]3(C)[C@H](CC=C4[C@H]5CC(C)(C)[C@@H](O)[C@@H](O)[C@]5(C)CC[C@]43C)[C@@]2(C)CC[C@@H]1OC(C)=O. The van der Waals surface area contributed by atoms with Crippen molar-refractivity contribution in [3.63, 3.8) is 0 Å². The lowest BCUT2D eigenvalue weighted by Gasteiger charge is -2.72. The maximum Gasteiger partial charge on any atom is 0.302 e. The number of carbonyl (C=O) groups excluding carboxylic acids is 2. The third-order valence-corrected chi connectivity index (χ3v) is 14.0. The molecule has 5 aliphatic carbocycles. The molecule has 0 aromatic rings. The Kier molecular flexibility index (Phi) is 6.99. The summed E-state index contributed by atoms with van der Waals surface area (Å²) in [5.41, 5.74) is 0.572. The predicted molar refractivity (Wildman–Crippen MR) is 154 cm³/mol. The highest BCUT2D eigenvalue weighted by atomic mass is 16.6. The molecular formula is C34H54O6. The van der Waals surface area contributed by atoms with E-state index >= 15 is 0 Å². The number of hydrogen-bond acceptors (Lipinski definition) is 6. The monoisotopic (exact) mass is 558 g/mol. The van der Waals surface area contributed by atoms with Gasteiger partial charge >= 0.3 is 11.9 Å². The van der Waals surface area contributed by atoms with E-state index in [-0.39, 0.29) is 63.6 Å². The minimum atomic E-state index is -0.718. The van der Waals surface area contributed by atoms with E-state index in [2.05, 4.69) is 54.5 Å². The number of rotatable bonds is 3. The Balaban J connectivity index is 1.55. The fraction of sp³-hybridized carbons (Fsp3) is 0.882. The van der Waals surface area contributed by atoms with E-state index in [0.717, 1.165) is 51.4 Å². The van der Waals surface area contributed by atoms with Crippen molar-refractivity contribution in [1.29, 1.82) is 0 Å². The quantitative estimate of drug-likeness (QED) is 0.315. The van der Waals surface area contributed by atoms with Gasteiger partial charge in [-0.05, 0) is 90.8 Å². The molecule has 5 aliphatic rings. The maximum absolute atomic E-state index is 12.1. The van der Waals surface area contributed by atoms with E-state index in [0.29, 0.717) is 5.92 Å². The van der Waals surface area contributed by atoms with Crippen LogP contribution in [0.5, 0.6) is 0 Å². The van der Waals surface area contributed by atoms with Crippen LogP contribution >= 0.6 is 0 Å². The van der Waals surface area contributed by atoms with Crippen LogP contribution in [0.4, 0.5) is 0 Å². The van der Waals surface area contributed by atoms with Gasteiger partial charge < -0.3 is 19.7 Å². The van der Waals surface area contributed by atoms with Crippen LogP contribution in [0.2, 0.25) is 0 Å². The van der Waals surface area contributed by atoms with Gasteiger partial charge in [0.2, 0.25) is 0 Å². The van der Waals surface area contributed by atoms with Crippen molar-refractivity contribution in [3.8, 4) is 0 Å². The largest absolute Gasteiger partial charge is 0.465 e. The van der Waals surface area contributed by atoms with E-state index in [1.807, 2.05) is 0 Å². The summed E-state index contributed by atoms with van der Waals surface area (Å²) in [6.45, 7) is 19.3. The average molecular weight is 559 g/mol. The fourth-order valence-electron chi connectivity index (χ4n) is 11.3. The number of ether oxygens (including phenoxy) is 2. The van der Waals surface area contributed by atoms with Crippen molar-refractivity contribution in [3.05, 3.63) is 11.6 Å². The van der Waals surface area contributed by atoms with Gasteiger partial charge in [-0.25, -0.2) is 0 Å². The lowest BCUT2D eigenvalue weighted by molar-refractivity contribution is -0.232. The molecule has 0 radical (unpaired) electrons. The van der Waals surface area contributed by atoms with Crippen molar-refractivity contribution in [2.45, 2.75) is 132 Å². The van der Waals surface area contributed by atoms with Crippen LogP contribution in [0.25, 0.3) is 0 Å². The van der Waals surface area contributed by atoms with Crippen molar-refractivity contribution < 1.29 is 29.3 Å². The maximum atomic E-state index is 12.1. The van der Waals surface area contributed by atoms with Crippen LogP contribution < -0.4 is 0 Å². The number of aliphatic hydroxyl groups excluding tert-OH is 2. The lowest BCUT2D eigenvalue weighted by Crippen LogP contribution is -2.67. The van der Waals surface area contributed by atoms with Gasteiger partial charge in [0.25, 0.3) is 0 Å². The molecule has 226 valence electrons. The van der Waals surface area contributed by atoms with Crippen molar-refractivity contribution in [1.82, 2.24) is 0 Å². The predicted octanol–water partition coefficient (Wildman–Crippen LogP) is 6.22. The topological polar surface area (TPSA) is 93.1 Å². The standard InChI is InChI=1S/C34H54O6/c1-20(35)39-19-32(7)24-12-15-34(9)25(31(24,6)14-13-26(32)40-21(2)36)11-10-22-23-18-29(3,4)27(37)28(38)30(23,5)16-17-33(22,34)8/h10,23-28,37-38H,11-19H2,1-9H3/t23-,24?,25-,26+,27+,28-,30-,31+,32+,33-,34-/m1/s1. The van der Waals surface area contributed by atoms with E-state index in [1.54, 1.807) is 0 Å². The zero-order valence-corrected chi connectivity index (χ0v) is 26.4. The van der Waals surface area contributed by atoms with Crippen LogP contribution in [0, 0.1) is 50.2 Å². The molecule has 4 saturated carbocycles. The third kappa shape index (κ3) is 3.93. The van der Waals surface area contributed by atoms with Gasteiger partial charge in [-0.2, -0.15) is 0 Å². The van der Waals surface area contributed by atoms with Crippen LogP contribution in [0.3, 0.4) is 0 Å². The summed E-state index contributed by atoms with van der Waals surface area (Å²) in [5.74, 6) is 0.430. The second kappa shape index (κ2) is 9.30. The Morgan fingerprint density at radius 3 is 2.15 bits per heavy atom. The van der Waals surface area contributed by atoms with Crippen LogP contribution in [0.15, 0.2) is 11.6 Å². The Labute approximate surface area is 241 Å². The van der Waals surface area contributed by atoms with Crippen molar-refractivity contribution >= 4 is 11.9 Å². The first-order chi connectivity index (χ1) is 18.4. The summed E-state index contributed by atoms with van der Waals surface area (Å²) >= 11 is 0. The summed E-state index contributed by atoms with van der Waals surface area (Å²) in [6, 6.07) is 0. The van der Waals surface area contributed by atoms with E-state index in [1.165, 1.54) is 19.4 Å². The molecule has 6 nitrogen and oxygen atoms in total. The number of fused-ring (bicyclic) bond motifs is 7. The summed E-state index contributed by atoms with van der Waals surface area (Å²) in [5, 5.41) is 22.5. The molecule has 11 atom stereocenters. The minimum Gasteiger partial charge on any atom is -0.465 e. The second-order valence-electron chi connectivity index (χ2n) is 16.4. The zero-order valence-electron chi connectivity index (χ0n) is 26.4. The molecule has 0 aromatic carbocycles. The second-order valence-corrected chi connectivity index (χ2v) is 16.4. The normalized spacial score (nSPS) is 51.2. The van der Waals surface area contributed by atoms with E-state index in [9.17, 15) is 19.8 Å². The number of allylic oxidation sites excluding steroid dienone is 2. The van der Waals surface area contributed by atoms with Gasteiger partial charge in [-0.15, -0.1) is 0 Å². The van der Waals surface area contributed by atoms with Crippen molar-refractivity contribution in [2.24, 2.45) is 50.2 Å². The minimum absolute atomic E-state index is 0.0190. The molecule has 0 aliphatic heterocycles. The fourth-order valence-corrected chi connectivity index (χ4v) is 11.3. The number of carbonyl (C=O) groups is 2. The molecule has 0 saturated heterocycles. The molecule has 2 N–H and O–H groups in total. The molecule has 1 unspecified atom stereocenters. The molecule has 0 bridgehead atoms. The third-order valence-electron chi connectivity index (χ3n) is 14.0. The Morgan fingerprint density at radius 2 is 1.52 bits per heavy atom. The Bertz CT molecular complexity index is 1100. The Morgan fingerprint density at radius 1 is 0.850 bits per heavy atom. The number of hydrogen-bond donors (Lipinski definition) is 2. The van der Waals surface area contributed by atoms with Gasteiger partial charge in [0.05, 0.1) is 12.2 Å². The van der Waals surface area contributed by atoms with Crippen LogP contribution in [0.1, 0.15) is 114 Å². The van der Waals surface area contributed by atoms with Gasteiger partial charge in [0.1, 0.15) is 12.7 Å². The molecule has 4 fully saturated rings. The van der Waals surface area contributed by atoms with Crippen LogP contribution in [-0.2, 0) is 19.1 Å². The Hall–Kier alpha value is -1.40. The number of aliphatic hydroxyl groups is 2.